The molecule has 1 heterocycles. The summed E-state index contributed by atoms with van der Waals surface area (Å²) in [5.74, 6) is 0. The van der Waals surface area contributed by atoms with E-state index in [4.69, 9.17) is 0 Å². The maximum atomic E-state index is 4.32. The van der Waals surface area contributed by atoms with Gasteiger partial charge in [0.05, 0.1) is 16.6 Å². The van der Waals surface area contributed by atoms with Gasteiger partial charge < -0.3 is 5.32 Å². The van der Waals surface area contributed by atoms with Crippen molar-refractivity contribution in [3.8, 4) is 0 Å². The number of rotatable bonds is 6. The van der Waals surface area contributed by atoms with Gasteiger partial charge in [-0.3, -0.25) is 0 Å². The Labute approximate surface area is 125 Å². The van der Waals surface area contributed by atoms with Gasteiger partial charge in [0, 0.05) is 0 Å². The fraction of sp³-hybridized carbons (Fsp3) is 0.500. The molecule has 1 aromatic heterocycles. The summed E-state index contributed by atoms with van der Waals surface area (Å²) >= 11 is 1.52. The monoisotopic (exact) mass is 289 g/mol. The molecule has 1 N–H and O–H groups in total. The van der Waals surface area contributed by atoms with Crippen LogP contribution < -0.4 is 5.32 Å². The van der Waals surface area contributed by atoms with Crippen LogP contribution in [0.5, 0.6) is 0 Å². The van der Waals surface area contributed by atoms with Crippen LogP contribution in [-0.4, -0.2) is 16.1 Å². The highest BCUT2D eigenvalue weighted by Crippen LogP contribution is 2.30. The van der Waals surface area contributed by atoms with Crippen molar-refractivity contribution in [3.05, 3.63) is 45.5 Å². The average molecular weight is 289 g/mol. The second-order valence-electron chi connectivity index (χ2n) is 5.11. The van der Waals surface area contributed by atoms with Gasteiger partial charge >= 0.3 is 0 Å². The van der Waals surface area contributed by atoms with Crippen molar-refractivity contribution >= 4 is 11.5 Å². The van der Waals surface area contributed by atoms with Crippen LogP contribution >= 0.6 is 11.5 Å². The molecule has 0 radical (unpaired) electrons. The molecule has 20 heavy (non-hydrogen) atoms. The summed E-state index contributed by atoms with van der Waals surface area (Å²) in [5, 5.41) is 7.91. The van der Waals surface area contributed by atoms with Crippen LogP contribution in [0.3, 0.4) is 0 Å². The molecular weight excluding hydrogens is 266 g/mol. The minimum atomic E-state index is 0.210. The number of nitrogens with zero attached hydrogens (tertiary/aromatic N) is 2. The van der Waals surface area contributed by atoms with Crippen molar-refractivity contribution in [2.24, 2.45) is 0 Å². The molecule has 0 amide bonds. The quantitative estimate of drug-likeness (QED) is 0.879. The van der Waals surface area contributed by atoms with Crippen LogP contribution in [0.15, 0.2) is 18.2 Å². The molecule has 1 aromatic carbocycles. The highest BCUT2D eigenvalue weighted by molar-refractivity contribution is 7.05. The first kappa shape index (κ1) is 15.1. The predicted octanol–water partition coefficient (Wildman–Crippen LogP) is 3.81. The Hall–Kier alpha value is -1.26. The molecule has 1 atom stereocenters. The molecule has 108 valence electrons. The molecule has 0 saturated heterocycles. The van der Waals surface area contributed by atoms with Gasteiger partial charge in [0.2, 0.25) is 0 Å². The van der Waals surface area contributed by atoms with E-state index in [-0.39, 0.29) is 6.04 Å². The summed E-state index contributed by atoms with van der Waals surface area (Å²) in [6, 6.07) is 6.72. The van der Waals surface area contributed by atoms with Gasteiger partial charge in [0.1, 0.15) is 0 Å². The Morgan fingerprint density at radius 2 is 2.05 bits per heavy atom. The Kier molecular flexibility index (Phi) is 5.26. The maximum Gasteiger partial charge on any atom is 0.0807 e. The van der Waals surface area contributed by atoms with Gasteiger partial charge in [-0.05, 0) is 55.0 Å². The molecule has 0 fully saturated rings. The Morgan fingerprint density at radius 3 is 2.75 bits per heavy atom. The van der Waals surface area contributed by atoms with Crippen LogP contribution in [0.2, 0.25) is 0 Å². The smallest absolute Gasteiger partial charge is 0.0807 e. The number of aromatic nitrogens is 2. The first-order valence-electron chi connectivity index (χ1n) is 7.29. The second kappa shape index (κ2) is 6.95. The molecule has 0 bridgehead atoms. The van der Waals surface area contributed by atoms with E-state index in [1.165, 1.54) is 33.1 Å². The van der Waals surface area contributed by atoms with E-state index in [9.17, 15) is 0 Å². The second-order valence-corrected chi connectivity index (χ2v) is 5.90. The molecule has 2 aromatic rings. The molecule has 0 saturated carbocycles. The number of benzene rings is 1. The Balaban J connectivity index is 2.45. The van der Waals surface area contributed by atoms with Gasteiger partial charge in [-0.2, -0.15) is 0 Å². The van der Waals surface area contributed by atoms with Crippen LogP contribution in [0.25, 0.3) is 0 Å². The van der Waals surface area contributed by atoms with Crippen molar-refractivity contribution in [1.29, 1.82) is 0 Å². The number of aryl methyl sites for hydroxylation is 2. The van der Waals surface area contributed by atoms with Crippen LogP contribution in [0.4, 0.5) is 0 Å². The zero-order valence-electron chi connectivity index (χ0n) is 12.7. The highest BCUT2D eigenvalue weighted by Gasteiger charge is 2.21. The molecule has 0 aliphatic heterocycles. The van der Waals surface area contributed by atoms with E-state index in [0.29, 0.717) is 0 Å². The van der Waals surface area contributed by atoms with E-state index < -0.39 is 0 Å². The minimum absolute atomic E-state index is 0.210. The van der Waals surface area contributed by atoms with E-state index in [1.54, 1.807) is 0 Å². The third kappa shape index (κ3) is 3.07. The molecule has 3 nitrogen and oxygen atoms in total. The molecule has 2 rings (SSSR count). The zero-order chi connectivity index (χ0) is 14.5. The lowest BCUT2D eigenvalue weighted by atomic mass is 9.95. The third-order valence-corrected chi connectivity index (χ3v) is 4.53. The van der Waals surface area contributed by atoms with Gasteiger partial charge in [0.15, 0.2) is 0 Å². The fourth-order valence-electron chi connectivity index (χ4n) is 2.48. The van der Waals surface area contributed by atoms with Crippen molar-refractivity contribution in [3.63, 3.8) is 0 Å². The van der Waals surface area contributed by atoms with Crippen LogP contribution in [0, 0.1) is 13.8 Å². The SMILES string of the molecule is CCCc1nnsc1C(NCC)c1cccc(C)c1C. The number of nitrogens with one attached hydrogen (secondary N) is 1. The zero-order valence-corrected chi connectivity index (χ0v) is 13.5. The third-order valence-electron chi connectivity index (χ3n) is 3.70. The van der Waals surface area contributed by atoms with Crippen molar-refractivity contribution < 1.29 is 0 Å². The Bertz CT molecular complexity index is 563. The van der Waals surface area contributed by atoms with E-state index in [2.05, 4.69) is 60.8 Å². The first-order valence-corrected chi connectivity index (χ1v) is 8.07. The van der Waals surface area contributed by atoms with E-state index >= 15 is 0 Å². The summed E-state index contributed by atoms with van der Waals surface area (Å²) in [5.41, 5.74) is 5.17. The fourth-order valence-corrected chi connectivity index (χ4v) is 3.27. The lowest BCUT2D eigenvalue weighted by Gasteiger charge is -2.20. The summed E-state index contributed by atoms with van der Waals surface area (Å²) in [6.07, 6.45) is 2.10. The topological polar surface area (TPSA) is 37.8 Å². The lowest BCUT2D eigenvalue weighted by molar-refractivity contribution is 0.627. The van der Waals surface area contributed by atoms with Gasteiger partial charge in [-0.15, -0.1) is 5.10 Å². The van der Waals surface area contributed by atoms with Crippen molar-refractivity contribution in [2.75, 3.05) is 6.54 Å². The molecule has 0 spiro atoms. The largest absolute Gasteiger partial charge is 0.306 e. The summed E-state index contributed by atoms with van der Waals surface area (Å²) in [7, 11) is 0. The summed E-state index contributed by atoms with van der Waals surface area (Å²) < 4.78 is 4.17. The molecule has 0 aliphatic carbocycles. The molecular formula is C16H23N3S. The molecule has 0 aliphatic rings. The van der Waals surface area contributed by atoms with Crippen LogP contribution in [-0.2, 0) is 6.42 Å². The molecule has 1 unspecified atom stereocenters. The number of hydrogen-bond acceptors (Lipinski definition) is 4. The van der Waals surface area contributed by atoms with Gasteiger partial charge in [0.25, 0.3) is 0 Å². The Morgan fingerprint density at radius 1 is 1.25 bits per heavy atom. The number of hydrogen-bond donors (Lipinski definition) is 1. The predicted molar refractivity (Wildman–Crippen MR) is 85.3 cm³/mol. The van der Waals surface area contributed by atoms with Crippen molar-refractivity contribution in [2.45, 2.75) is 46.6 Å². The standard InChI is InChI=1S/C16H23N3S/c1-5-8-14-16(20-19-18-14)15(17-6-2)13-10-7-9-11(3)12(13)4/h7,9-10,15,17H,5-6,8H2,1-4H3. The normalized spacial score (nSPS) is 12.6. The maximum absolute atomic E-state index is 4.32. The van der Waals surface area contributed by atoms with Gasteiger partial charge in [-0.1, -0.05) is 43.0 Å². The van der Waals surface area contributed by atoms with Crippen molar-refractivity contribution in [1.82, 2.24) is 14.9 Å². The average Bonchev–Trinajstić information content (AvgIpc) is 2.88. The van der Waals surface area contributed by atoms with Gasteiger partial charge in [-0.25, -0.2) is 0 Å². The highest BCUT2D eigenvalue weighted by atomic mass is 32.1. The van der Waals surface area contributed by atoms with E-state index in [0.717, 1.165) is 25.1 Å². The minimum Gasteiger partial charge on any atom is -0.306 e. The molecule has 4 heteroatoms. The van der Waals surface area contributed by atoms with E-state index in [1.807, 2.05) is 0 Å². The lowest BCUT2D eigenvalue weighted by Crippen LogP contribution is -2.23. The summed E-state index contributed by atoms with van der Waals surface area (Å²) in [4.78, 5) is 1.27. The first-order chi connectivity index (χ1) is 9.69. The van der Waals surface area contributed by atoms with Crippen LogP contribution in [0.1, 0.15) is 53.6 Å². The summed E-state index contributed by atoms with van der Waals surface area (Å²) in [6.45, 7) is 9.62.